The van der Waals surface area contributed by atoms with Crippen molar-refractivity contribution in [3.05, 3.63) is 59.1 Å². The topological polar surface area (TPSA) is 86.8 Å². The molecule has 2 heterocycles. The number of carbonyl (C=O) groups excluding carboxylic acids is 2. The monoisotopic (exact) mass is 489 g/mol. The zero-order valence-corrected chi connectivity index (χ0v) is 19.9. The Kier molecular flexibility index (Phi) is 7.36. The van der Waals surface area contributed by atoms with Crippen LogP contribution in [0.3, 0.4) is 0 Å². The van der Waals surface area contributed by atoms with Gasteiger partial charge in [-0.15, -0.1) is 0 Å². The number of hydrogen-bond acceptors (Lipinski definition) is 4. The third kappa shape index (κ3) is 5.39. The molecule has 33 heavy (non-hydrogen) atoms. The largest absolute Gasteiger partial charge is 0.339 e. The Morgan fingerprint density at radius 2 is 1.52 bits per heavy atom. The van der Waals surface area contributed by atoms with Crippen LogP contribution >= 0.6 is 11.6 Å². The van der Waals surface area contributed by atoms with Crippen LogP contribution < -0.4 is 5.32 Å². The second-order valence-corrected chi connectivity index (χ2v) is 10.9. The lowest BCUT2D eigenvalue weighted by molar-refractivity contribution is -0.121. The summed E-state index contributed by atoms with van der Waals surface area (Å²) >= 11 is 6.14. The summed E-state index contributed by atoms with van der Waals surface area (Å²) in [7, 11) is -3.49. The van der Waals surface area contributed by atoms with E-state index in [1.807, 2.05) is 0 Å². The maximum absolute atomic E-state index is 12.8. The third-order valence-electron chi connectivity index (χ3n) is 6.33. The fourth-order valence-electron chi connectivity index (χ4n) is 4.36. The van der Waals surface area contributed by atoms with E-state index in [0.717, 1.165) is 19.3 Å². The van der Waals surface area contributed by atoms with E-state index in [1.165, 1.54) is 4.31 Å². The quantitative estimate of drug-likeness (QED) is 0.687. The number of piperidine rings is 2. The van der Waals surface area contributed by atoms with E-state index >= 15 is 0 Å². The molecule has 4 rings (SSSR count). The normalized spacial score (nSPS) is 18.2. The minimum Gasteiger partial charge on any atom is -0.339 e. The summed E-state index contributed by atoms with van der Waals surface area (Å²) < 4.78 is 27.1. The molecular weight excluding hydrogens is 462 g/mol. The lowest BCUT2D eigenvalue weighted by Gasteiger charge is -2.31. The molecule has 2 aliphatic rings. The van der Waals surface area contributed by atoms with Gasteiger partial charge in [-0.05, 0) is 62.1 Å². The highest BCUT2D eigenvalue weighted by molar-refractivity contribution is 7.89. The summed E-state index contributed by atoms with van der Waals surface area (Å²) in [6.07, 6.45) is 3.95. The Hall–Kier alpha value is -2.42. The molecule has 2 aromatic carbocycles. The number of halogens is 1. The summed E-state index contributed by atoms with van der Waals surface area (Å²) in [5, 5.41) is 3.31. The predicted octanol–water partition coefficient (Wildman–Crippen LogP) is 4.01. The molecule has 0 bridgehead atoms. The van der Waals surface area contributed by atoms with E-state index in [2.05, 4.69) is 5.32 Å². The molecule has 2 aliphatic heterocycles. The van der Waals surface area contributed by atoms with Gasteiger partial charge >= 0.3 is 0 Å². The summed E-state index contributed by atoms with van der Waals surface area (Å²) in [6.45, 7) is 2.07. The molecule has 1 N–H and O–H groups in total. The number of sulfonamides is 1. The van der Waals surface area contributed by atoms with Gasteiger partial charge in [0.15, 0.2) is 0 Å². The fourth-order valence-corrected chi connectivity index (χ4v) is 6.09. The van der Waals surface area contributed by atoms with Gasteiger partial charge in [0.25, 0.3) is 5.91 Å². The molecule has 0 radical (unpaired) electrons. The fraction of sp³-hybridized carbons (Fsp3) is 0.417. The van der Waals surface area contributed by atoms with Gasteiger partial charge in [-0.2, -0.15) is 4.31 Å². The molecule has 176 valence electrons. The summed E-state index contributed by atoms with van der Waals surface area (Å²) in [4.78, 5) is 27.4. The molecule has 0 unspecified atom stereocenters. The molecule has 0 atom stereocenters. The van der Waals surface area contributed by atoms with E-state index in [0.29, 0.717) is 55.3 Å². The van der Waals surface area contributed by atoms with Crippen molar-refractivity contribution in [3.8, 4) is 0 Å². The van der Waals surface area contributed by atoms with E-state index < -0.39 is 10.0 Å². The molecule has 0 aliphatic carbocycles. The summed E-state index contributed by atoms with van der Waals surface area (Å²) in [5.41, 5.74) is 1.04. The third-order valence-corrected chi connectivity index (χ3v) is 8.57. The number of rotatable bonds is 5. The average Bonchev–Trinajstić information content (AvgIpc) is 2.85. The van der Waals surface area contributed by atoms with Crippen LogP contribution in [-0.2, 0) is 14.8 Å². The van der Waals surface area contributed by atoms with Crippen LogP contribution in [0.1, 0.15) is 42.5 Å². The molecule has 2 amide bonds. The first-order valence-electron chi connectivity index (χ1n) is 11.3. The number of nitrogens with zero attached hydrogens (tertiary/aromatic N) is 2. The van der Waals surface area contributed by atoms with Crippen molar-refractivity contribution in [1.82, 2.24) is 9.21 Å². The smallest absolute Gasteiger partial charge is 0.255 e. The van der Waals surface area contributed by atoms with Crippen LogP contribution in [0.15, 0.2) is 53.4 Å². The number of benzene rings is 2. The highest BCUT2D eigenvalue weighted by Crippen LogP contribution is 2.25. The minimum absolute atomic E-state index is 0.119. The first-order chi connectivity index (χ1) is 15.9. The van der Waals surface area contributed by atoms with Crippen LogP contribution in [0.4, 0.5) is 5.69 Å². The number of hydrogen-bond donors (Lipinski definition) is 1. The maximum atomic E-state index is 12.8. The Labute approximate surface area is 199 Å². The van der Waals surface area contributed by atoms with Gasteiger partial charge in [0.2, 0.25) is 15.9 Å². The Morgan fingerprint density at radius 3 is 2.15 bits per heavy atom. The number of likely N-dealkylation sites (tertiary alicyclic amines) is 1. The van der Waals surface area contributed by atoms with E-state index in [9.17, 15) is 18.0 Å². The zero-order valence-electron chi connectivity index (χ0n) is 18.4. The number of carbonyl (C=O) groups is 2. The van der Waals surface area contributed by atoms with Gasteiger partial charge in [0, 0.05) is 37.8 Å². The Balaban J connectivity index is 1.32. The van der Waals surface area contributed by atoms with Crippen LogP contribution in [0, 0.1) is 5.92 Å². The van der Waals surface area contributed by atoms with Crippen LogP contribution in [0.2, 0.25) is 5.02 Å². The van der Waals surface area contributed by atoms with Crippen molar-refractivity contribution in [3.63, 3.8) is 0 Å². The van der Waals surface area contributed by atoms with E-state index in [-0.39, 0.29) is 22.6 Å². The SMILES string of the molecule is O=C(Nc1ccc(S(=O)(=O)N2CCCCC2)cc1)C1CCN(C(=O)c2ccccc2Cl)CC1. The number of amides is 2. The van der Waals surface area contributed by atoms with Crippen LogP contribution in [0.5, 0.6) is 0 Å². The molecular formula is C24H28ClN3O4S. The average molecular weight is 490 g/mol. The number of anilines is 1. The standard InChI is InChI=1S/C24H28ClN3O4S/c25-22-7-3-2-6-21(22)24(30)27-16-12-18(13-17-27)23(29)26-19-8-10-20(11-9-19)33(31,32)28-14-4-1-5-15-28/h2-3,6-11,18H,1,4-5,12-17H2,(H,26,29). The van der Waals surface area contributed by atoms with Crippen molar-refractivity contribution >= 4 is 39.1 Å². The van der Waals surface area contributed by atoms with Gasteiger partial charge in [-0.25, -0.2) is 8.42 Å². The molecule has 0 spiro atoms. The lowest BCUT2D eigenvalue weighted by Crippen LogP contribution is -2.41. The minimum atomic E-state index is -3.49. The van der Waals surface area contributed by atoms with Crippen LogP contribution in [-0.4, -0.2) is 55.6 Å². The Bertz CT molecular complexity index is 1110. The van der Waals surface area contributed by atoms with Gasteiger partial charge in [0.1, 0.15) is 0 Å². The van der Waals surface area contributed by atoms with Crippen molar-refractivity contribution < 1.29 is 18.0 Å². The zero-order chi connectivity index (χ0) is 23.4. The first kappa shape index (κ1) is 23.7. The lowest BCUT2D eigenvalue weighted by atomic mass is 9.95. The van der Waals surface area contributed by atoms with Crippen LogP contribution in [0.25, 0.3) is 0 Å². The first-order valence-corrected chi connectivity index (χ1v) is 13.1. The summed E-state index contributed by atoms with van der Waals surface area (Å²) in [5.74, 6) is -0.450. The van der Waals surface area contributed by atoms with Gasteiger partial charge in [-0.1, -0.05) is 30.2 Å². The van der Waals surface area contributed by atoms with Crippen molar-refractivity contribution in [2.75, 3.05) is 31.5 Å². The molecule has 7 nitrogen and oxygen atoms in total. The Morgan fingerprint density at radius 1 is 0.879 bits per heavy atom. The van der Waals surface area contributed by atoms with Gasteiger partial charge < -0.3 is 10.2 Å². The molecule has 2 fully saturated rings. The van der Waals surface area contributed by atoms with E-state index in [1.54, 1.807) is 53.4 Å². The molecule has 2 saturated heterocycles. The van der Waals surface area contributed by atoms with Gasteiger partial charge in [-0.3, -0.25) is 9.59 Å². The van der Waals surface area contributed by atoms with Crippen molar-refractivity contribution in [2.24, 2.45) is 5.92 Å². The van der Waals surface area contributed by atoms with E-state index in [4.69, 9.17) is 11.6 Å². The molecule has 9 heteroatoms. The highest BCUT2D eigenvalue weighted by Gasteiger charge is 2.29. The molecule has 2 aromatic rings. The van der Waals surface area contributed by atoms with Gasteiger partial charge in [0.05, 0.1) is 15.5 Å². The molecule has 0 aromatic heterocycles. The predicted molar refractivity (Wildman–Crippen MR) is 128 cm³/mol. The maximum Gasteiger partial charge on any atom is 0.255 e. The second kappa shape index (κ2) is 10.2. The molecule has 0 saturated carbocycles. The number of nitrogens with one attached hydrogen (secondary N) is 1. The van der Waals surface area contributed by atoms with Crippen molar-refractivity contribution in [1.29, 1.82) is 0 Å². The van der Waals surface area contributed by atoms with Crippen molar-refractivity contribution in [2.45, 2.75) is 37.0 Å². The summed E-state index contributed by atoms with van der Waals surface area (Å²) in [6, 6.07) is 13.3. The highest BCUT2D eigenvalue weighted by atomic mass is 35.5. The second-order valence-electron chi connectivity index (χ2n) is 8.52.